The Kier molecular flexibility index (Phi) is 5.81. The third-order valence-electron chi connectivity index (χ3n) is 3.91. The summed E-state index contributed by atoms with van der Waals surface area (Å²) in [6.45, 7) is 3.64. The van der Waals surface area contributed by atoms with E-state index in [9.17, 15) is 9.59 Å². The van der Waals surface area contributed by atoms with E-state index in [-0.39, 0.29) is 12.5 Å². The average molecular weight is 305 g/mol. The van der Waals surface area contributed by atoms with Crippen LogP contribution in [0.3, 0.4) is 0 Å². The molecule has 1 heterocycles. The molecule has 0 saturated carbocycles. The second-order valence-corrected chi connectivity index (χ2v) is 5.66. The molecule has 1 unspecified atom stereocenters. The van der Waals surface area contributed by atoms with Gasteiger partial charge in [-0.2, -0.15) is 0 Å². The zero-order valence-corrected chi connectivity index (χ0v) is 13.0. The molecule has 22 heavy (non-hydrogen) atoms. The van der Waals surface area contributed by atoms with E-state index in [1.165, 1.54) is 0 Å². The van der Waals surface area contributed by atoms with E-state index in [1.807, 2.05) is 6.07 Å². The van der Waals surface area contributed by atoms with Crippen molar-refractivity contribution < 1.29 is 19.4 Å². The van der Waals surface area contributed by atoms with Gasteiger partial charge in [0.05, 0.1) is 12.5 Å². The van der Waals surface area contributed by atoms with Crippen molar-refractivity contribution in [3.63, 3.8) is 0 Å². The van der Waals surface area contributed by atoms with Crippen LogP contribution in [0.15, 0.2) is 24.3 Å². The molecule has 5 nitrogen and oxygen atoms in total. The second-order valence-electron chi connectivity index (χ2n) is 5.66. The van der Waals surface area contributed by atoms with Gasteiger partial charge in [0, 0.05) is 18.7 Å². The lowest BCUT2D eigenvalue weighted by Gasteiger charge is -2.30. The number of benzene rings is 1. The molecule has 0 radical (unpaired) electrons. The van der Waals surface area contributed by atoms with Crippen molar-refractivity contribution in [1.29, 1.82) is 0 Å². The number of unbranched alkanes of at least 4 members (excludes halogenated alkanes) is 1. The Balaban J connectivity index is 2.02. The van der Waals surface area contributed by atoms with Crippen molar-refractivity contribution in [2.75, 3.05) is 19.7 Å². The predicted octanol–water partition coefficient (Wildman–Crippen LogP) is 2.80. The molecule has 1 aromatic carbocycles. The number of nitrogens with zero attached hydrogens (tertiary/aromatic N) is 1. The van der Waals surface area contributed by atoms with Gasteiger partial charge in [0.25, 0.3) is 5.91 Å². The number of hydrogen-bond donors (Lipinski definition) is 1. The lowest BCUT2D eigenvalue weighted by atomic mass is 9.97. The minimum absolute atomic E-state index is 0.119. The summed E-state index contributed by atoms with van der Waals surface area (Å²) < 4.78 is 5.62. The summed E-state index contributed by atoms with van der Waals surface area (Å²) >= 11 is 0. The van der Waals surface area contributed by atoms with Crippen LogP contribution in [0.4, 0.5) is 0 Å². The molecule has 0 bridgehead atoms. The van der Waals surface area contributed by atoms with Gasteiger partial charge in [0.1, 0.15) is 5.75 Å². The molecule has 120 valence electrons. The van der Waals surface area contributed by atoms with E-state index in [0.29, 0.717) is 30.9 Å². The first-order valence-corrected chi connectivity index (χ1v) is 7.86. The summed E-state index contributed by atoms with van der Waals surface area (Å²) in [5, 5.41) is 9.11. The fourth-order valence-corrected chi connectivity index (χ4v) is 2.60. The first-order chi connectivity index (χ1) is 10.6. The molecule has 1 saturated heterocycles. The number of aliphatic carboxylic acids is 1. The second kappa shape index (κ2) is 7.82. The molecule has 1 aromatic rings. The highest BCUT2D eigenvalue weighted by atomic mass is 16.5. The maximum atomic E-state index is 12.5. The Morgan fingerprint density at radius 3 is 2.95 bits per heavy atom. The highest BCUT2D eigenvalue weighted by molar-refractivity contribution is 5.95. The Morgan fingerprint density at radius 2 is 2.23 bits per heavy atom. The van der Waals surface area contributed by atoms with Crippen LogP contribution in [0, 0.1) is 5.92 Å². The van der Waals surface area contributed by atoms with Crippen LogP contribution in [0.5, 0.6) is 5.75 Å². The third kappa shape index (κ3) is 4.23. The Morgan fingerprint density at radius 1 is 1.41 bits per heavy atom. The number of ether oxygens (including phenoxy) is 1. The Labute approximate surface area is 130 Å². The quantitative estimate of drug-likeness (QED) is 0.821. The Hall–Kier alpha value is -2.04. The molecular formula is C17H23NO4. The minimum atomic E-state index is -0.825. The van der Waals surface area contributed by atoms with Crippen LogP contribution >= 0.6 is 0 Å². The van der Waals surface area contributed by atoms with Gasteiger partial charge in [-0.25, -0.2) is 0 Å². The SMILES string of the molecule is CCCCOc1cccc(C(=O)N2CCCC(C(=O)O)C2)c1. The average Bonchev–Trinajstić information content (AvgIpc) is 2.55. The zero-order chi connectivity index (χ0) is 15.9. The number of carboxylic acids is 1. The molecule has 1 aliphatic heterocycles. The fraction of sp³-hybridized carbons (Fsp3) is 0.529. The van der Waals surface area contributed by atoms with E-state index in [0.717, 1.165) is 19.3 Å². The van der Waals surface area contributed by atoms with Crippen molar-refractivity contribution in [3.8, 4) is 5.75 Å². The molecule has 0 aromatic heterocycles. The van der Waals surface area contributed by atoms with Crippen LogP contribution in [0.25, 0.3) is 0 Å². The molecular weight excluding hydrogens is 282 g/mol. The molecule has 0 aliphatic carbocycles. The molecule has 1 aliphatic rings. The van der Waals surface area contributed by atoms with E-state index in [1.54, 1.807) is 23.1 Å². The fourth-order valence-electron chi connectivity index (χ4n) is 2.60. The molecule has 2 rings (SSSR count). The van der Waals surface area contributed by atoms with Crippen LogP contribution in [-0.2, 0) is 4.79 Å². The van der Waals surface area contributed by atoms with E-state index >= 15 is 0 Å². The standard InChI is InChI=1S/C17H23NO4/c1-2-3-10-22-15-8-4-6-13(11-15)16(19)18-9-5-7-14(12-18)17(20)21/h4,6,8,11,14H,2-3,5,7,9-10,12H2,1H3,(H,20,21). The smallest absolute Gasteiger partial charge is 0.308 e. The molecule has 1 N–H and O–H groups in total. The summed E-state index contributed by atoms with van der Waals surface area (Å²) in [5.41, 5.74) is 0.556. The normalized spacial score (nSPS) is 18.0. The topological polar surface area (TPSA) is 66.8 Å². The highest BCUT2D eigenvalue weighted by Crippen LogP contribution is 2.21. The lowest BCUT2D eigenvalue weighted by molar-refractivity contribution is -0.143. The summed E-state index contributed by atoms with van der Waals surface area (Å²) in [6, 6.07) is 7.12. The monoisotopic (exact) mass is 305 g/mol. The van der Waals surface area contributed by atoms with Crippen LogP contribution < -0.4 is 4.74 Å². The van der Waals surface area contributed by atoms with Gasteiger partial charge < -0.3 is 14.7 Å². The number of piperidine rings is 1. The number of carboxylic acid groups (broad SMARTS) is 1. The van der Waals surface area contributed by atoms with Gasteiger partial charge >= 0.3 is 5.97 Å². The summed E-state index contributed by atoms with van der Waals surface area (Å²) in [7, 11) is 0. The van der Waals surface area contributed by atoms with Crippen molar-refractivity contribution in [2.45, 2.75) is 32.6 Å². The highest BCUT2D eigenvalue weighted by Gasteiger charge is 2.28. The summed E-state index contributed by atoms with van der Waals surface area (Å²) in [4.78, 5) is 25.3. The number of hydrogen-bond acceptors (Lipinski definition) is 3. The van der Waals surface area contributed by atoms with Crippen molar-refractivity contribution in [3.05, 3.63) is 29.8 Å². The number of likely N-dealkylation sites (tertiary alicyclic amines) is 1. The Bertz CT molecular complexity index is 529. The van der Waals surface area contributed by atoms with Gasteiger partial charge in [-0.05, 0) is 37.5 Å². The third-order valence-corrected chi connectivity index (χ3v) is 3.91. The van der Waals surface area contributed by atoms with E-state index in [2.05, 4.69) is 6.92 Å². The summed E-state index contributed by atoms with van der Waals surface area (Å²) in [5.74, 6) is -0.714. The minimum Gasteiger partial charge on any atom is -0.494 e. The first kappa shape index (κ1) is 16.3. The molecule has 1 atom stereocenters. The maximum Gasteiger partial charge on any atom is 0.308 e. The number of carbonyl (C=O) groups excluding carboxylic acids is 1. The number of amides is 1. The first-order valence-electron chi connectivity index (χ1n) is 7.86. The van der Waals surface area contributed by atoms with E-state index in [4.69, 9.17) is 9.84 Å². The maximum absolute atomic E-state index is 12.5. The van der Waals surface area contributed by atoms with Crippen LogP contribution in [0.1, 0.15) is 43.0 Å². The molecule has 5 heteroatoms. The predicted molar refractivity (Wildman–Crippen MR) is 83.1 cm³/mol. The number of rotatable bonds is 6. The van der Waals surface area contributed by atoms with Gasteiger partial charge in [-0.15, -0.1) is 0 Å². The van der Waals surface area contributed by atoms with Crippen molar-refractivity contribution >= 4 is 11.9 Å². The molecule has 1 amide bonds. The van der Waals surface area contributed by atoms with Crippen molar-refractivity contribution in [2.24, 2.45) is 5.92 Å². The van der Waals surface area contributed by atoms with Gasteiger partial charge in [-0.1, -0.05) is 19.4 Å². The summed E-state index contributed by atoms with van der Waals surface area (Å²) in [6.07, 6.45) is 3.41. The van der Waals surface area contributed by atoms with Crippen molar-refractivity contribution in [1.82, 2.24) is 4.90 Å². The van der Waals surface area contributed by atoms with E-state index < -0.39 is 11.9 Å². The van der Waals surface area contributed by atoms with Gasteiger partial charge in [-0.3, -0.25) is 9.59 Å². The van der Waals surface area contributed by atoms with Crippen LogP contribution in [0.2, 0.25) is 0 Å². The van der Waals surface area contributed by atoms with Crippen LogP contribution in [-0.4, -0.2) is 41.6 Å². The van der Waals surface area contributed by atoms with Gasteiger partial charge in [0.2, 0.25) is 0 Å². The van der Waals surface area contributed by atoms with Gasteiger partial charge in [0.15, 0.2) is 0 Å². The largest absolute Gasteiger partial charge is 0.494 e. The zero-order valence-electron chi connectivity index (χ0n) is 13.0. The number of carbonyl (C=O) groups is 2. The molecule has 0 spiro atoms. The molecule has 1 fully saturated rings. The lowest BCUT2D eigenvalue weighted by Crippen LogP contribution is -2.42.